The number of amides is 1. The van der Waals surface area contributed by atoms with Gasteiger partial charge in [0.25, 0.3) is 5.91 Å². The van der Waals surface area contributed by atoms with Crippen molar-refractivity contribution in [2.45, 2.75) is 19.3 Å². The van der Waals surface area contributed by atoms with Crippen LogP contribution in [0.3, 0.4) is 0 Å². The predicted molar refractivity (Wildman–Crippen MR) is 65.7 cm³/mol. The maximum absolute atomic E-state index is 11.4. The highest BCUT2D eigenvalue weighted by Gasteiger charge is 2.16. The lowest BCUT2D eigenvalue weighted by Gasteiger charge is -2.25. The molecule has 86 valence electrons. The number of anilines is 1. The highest BCUT2D eigenvalue weighted by Crippen LogP contribution is 2.26. The highest BCUT2D eigenvalue weighted by molar-refractivity contribution is 5.94. The van der Waals surface area contributed by atoms with E-state index in [0.717, 1.165) is 18.2 Å². The number of hydrogen-bond acceptors (Lipinski definition) is 2. The van der Waals surface area contributed by atoms with Crippen LogP contribution in [0.4, 0.5) is 5.69 Å². The molecule has 1 aliphatic carbocycles. The van der Waals surface area contributed by atoms with Gasteiger partial charge in [0.1, 0.15) is 0 Å². The molecule has 0 spiro atoms. The van der Waals surface area contributed by atoms with Crippen LogP contribution < -0.4 is 10.6 Å². The van der Waals surface area contributed by atoms with Crippen molar-refractivity contribution >= 4 is 11.6 Å². The Morgan fingerprint density at radius 2 is 2.25 bits per heavy atom. The molecule has 1 saturated carbocycles. The minimum atomic E-state index is -0.0349. The molecule has 0 atom stereocenters. The second-order valence-corrected chi connectivity index (χ2v) is 4.34. The van der Waals surface area contributed by atoms with E-state index in [0.29, 0.717) is 5.56 Å². The zero-order valence-electron chi connectivity index (χ0n) is 9.62. The Bertz CT molecular complexity index is 372. The van der Waals surface area contributed by atoms with Gasteiger partial charge in [-0.2, -0.15) is 0 Å². The summed E-state index contributed by atoms with van der Waals surface area (Å²) in [5.41, 5.74) is 1.74. The molecule has 0 unspecified atom stereocenters. The first-order chi connectivity index (χ1) is 7.79. The van der Waals surface area contributed by atoms with E-state index in [-0.39, 0.29) is 5.91 Å². The molecule has 0 aromatic heterocycles. The van der Waals surface area contributed by atoms with Gasteiger partial charge in [-0.05, 0) is 37.0 Å². The lowest BCUT2D eigenvalue weighted by molar-refractivity contribution is 0.0963. The molecule has 2 N–H and O–H groups in total. The van der Waals surface area contributed by atoms with E-state index >= 15 is 0 Å². The zero-order valence-corrected chi connectivity index (χ0v) is 9.62. The summed E-state index contributed by atoms with van der Waals surface area (Å²) in [6.45, 7) is 1.02. The third-order valence-corrected chi connectivity index (χ3v) is 3.17. The molecule has 0 saturated heterocycles. The number of rotatable bonds is 4. The molecule has 3 nitrogen and oxygen atoms in total. The van der Waals surface area contributed by atoms with E-state index < -0.39 is 0 Å². The van der Waals surface area contributed by atoms with Crippen LogP contribution in [-0.4, -0.2) is 19.5 Å². The molecule has 1 aromatic carbocycles. The first kappa shape index (κ1) is 11.0. The fraction of sp³-hybridized carbons (Fsp3) is 0.462. The Hall–Kier alpha value is -1.51. The van der Waals surface area contributed by atoms with Crippen molar-refractivity contribution < 1.29 is 4.79 Å². The van der Waals surface area contributed by atoms with Crippen molar-refractivity contribution in [2.75, 3.05) is 18.9 Å². The Balaban J connectivity index is 1.95. The van der Waals surface area contributed by atoms with Gasteiger partial charge in [0.05, 0.1) is 0 Å². The topological polar surface area (TPSA) is 41.1 Å². The van der Waals surface area contributed by atoms with Crippen LogP contribution in [0.2, 0.25) is 0 Å². The molecule has 0 aliphatic heterocycles. The van der Waals surface area contributed by atoms with E-state index in [2.05, 4.69) is 10.6 Å². The number of nitrogens with one attached hydrogen (secondary N) is 2. The van der Waals surface area contributed by atoms with Crippen LogP contribution in [0, 0.1) is 5.92 Å². The van der Waals surface area contributed by atoms with Crippen LogP contribution in [-0.2, 0) is 0 Å². The Morgan fingerprint density at radius 1 is 1.44 bits per heavy atom. The van der Waals surface area contributed by atoms with Gasteiger partial charge in [-0.25, -0.2) is 0 Å². The zero-order chi connectivity index (χ0) is 11.4. The van der Waals surface area contributed by atoms with Crippen molar-refractivity contribution in [1.29, 1.82) is 0 Å². The van der Waals surface area contributed by atoms with Gasteiger partial charge in [0.15, 0.2) is 0 Å². The molecule has 0 heterocycles. The van der Waals surface area contributed by atoms with Crippen LogP contribution in [0.5, 0.6) is 0 Å². The summed E-state index contributed by atoms with van der Waals surface area (Å²) in [5.74, 6) is 0.788. The van der Waals surface area contributed by atoms with Gasteiger partial charge in [-0.1, -0.05) is 12.5 Å². The lowest BCUT2D eigenvalue weighted by Crippen LogP contribution is -2.21. The number of hydrogen-bond donors (Lipinski definition) is 2. The van der Waals surface area contributed by atoms with Crippen molar-refractivity contribution in [1.82, 2.24) is 5.32 Å². The van der Waals surface area contributed by atoms with E-state index in [1.165, 1.54) is 19.3 Å². The minimum Gasteiger partial charge on any atom is -0.385 e. The fourth-order valence-electron chi connectivity index (χ4n) is 1.87. The summed E-state index contributed by atoms with van der Waals surface area (Å²) < 4.78 is 0. The summed E-state index contributed by atoms with van der Waals surface area (Å²) in [4.78, 5) is 11.4. The molecule has 2 rings (SSSR count). The smallest absolute Gasteiger partial charge is 0.251 e. The predicted octanol–water partition coefficient (Wildman–Crippen LogP) is 2.26. The summed E-state index contributed by atoms with van der Waals surface area (Å²) in [5, 5.41) is 6.01. The third kappa shape index (κ3) is 2.54. The summed E-state index contributed by atoms with van der Waals surface area (Å²) in [7, 11) is 1.65. The monoisotopic (exact) mass is 218 g/mol. The summed E-state index contributed by atoms with van der Waals surface area (Å²) in [6, 6.07) is 7.64. The Morgan fingerprint density at radius 3 is 2.88 bits per heavy atom. The van der Waals surface area contributed by atoms with Crippen LogP contribution in [0.25, 0.3) is 0 Å². The van der Waals surface area contributed by atoms with E-state index in [1.807, 2.05) is 24.3 Å². The average molecular weight is 218 g/mol. The molecule has 16 heavy (non-hydrogen) atoms. The van der Waals surface area contributed by atoms with Gasteiger partial charge in [0, 0.05) is 24.8 Å². The standard InChI is InChI=1S/C13H18N2O/c1-14-13(16)11-6-3-7-12(8-11)15-9-10-4-2-5-10/h3,6-8,10,15H,2,4-5,9H2,1H3,(H,14,16). The molecule has 1 amide bonds. The van der Waals surface area contributed by atoms with Gasteiger partial charge < -0.3 is 10.6 Å². The second-order valence-electron chi connectivity index (χ2n) is 4.34. The maximum Gasteiger partial charge on any atom is 0.251 e. The van der Waals surface area contributed by atoms with Gasteiger partial charge in [0.2, 0.25) is 0 Å². The van der Waals surface area contributed by atoms with Crippen LogP contribution >= 0.6 is 0 Å². The van der Waals surface area contributed by atoms with Crippen molar-refractivity contribution in [3.8, 4) is 0 Å². The third-order valence-electron chi connectivity index (χ3n) is 3.17. The first-order valence-corrected chi connectivity index (χ1v) is 5.85. The van der Waals surface area contributed by atoms with Crippen LogP contribution in [0.1, 0.15) is 29.6 Å². The van der Waals surface area contributed by atoms with E-state index in [1.54, 1.807) is 7.05 Å². The van der Waals surface area contributed by atoms with Crippen molar-refractivity contribution in [3.05, 3.63) is 29.8 Å². The fourth-order valence-corrected chi connectivity index (χ4v) is 1.87. The lowest BCUT2D eigenvalue weighted by atomic mass is 9.85. The summed E-state index contributed by atoms with van der Waals surface area (Å²) in [6.07, 6.45) is 4.04. The molecule has 0 radical (unpaired) electrons. The Kier molecular flexibility index (Phi) is 3.44. The number of carbonyl (C=O) groups is 1. The summed E-state index contributed by atoms with van der Waals surface area (Å²) >= 11 is 0. The maximum atomic E-state index is 11.4. The number of benzene rings is 1. The molecular formula is C13H18N2O. The molecule has 1 fully saturated rings. The van der Waals surface area contributed by atoms with Crippen LogP contribution in [0.15, 0.2) is 24.3 Å². The van der Waals surface area contributed by atoms with Crippen molar-refractivity contribution in [2.24, 2.45) is 5.92 Å². The highest BCUT2D eigenvalue weighted by atomic mass is 16.1. The van der Waals surface area contributed by atoms with Crippen molar-refractivity contribution in [3.63, 3.8) is 0 Å². The molecule has 3 heteroatoms. The van der Waals surface area contributed by atoms with E-state index in [4.69, 9.17) is 0 Å². The second kappa shape index (κ2) is 5.01. The number of carbonyl (C=O) groups excluding carboxylic acids is 1. The van der Waals surface area contributed by atoms with E-state index in [9.17, 15) is 4.79 Å². The Labute approximate surface area is 96.2 Å². The first-order valence-electron chi connectivity index (χ1n) is 5.85. The molecule has 1 aromatic rings. The average Bonchev–Trinajstić information content (AvgIpc) is 2.26. The van der Waals surface area contributed by atoms with Gasteiger partial charge in [-0.3, -0.25) is 4.79 Å². The molecule has 1 aliphatic rings. The molecular weight excluding hydrogens is 200 g/mol. The van der Waals surface area contributed by atoms with Gasteiger partial charge in [-0.15, -0.1) is 0 Å². The minimum absolute atomic E-state index is 0.0349. The van der Waals surface area contributed by atoms with Gasteiger partial charge >= 0.3 is 0 Å². The quantitative estimate of drug-likeness (QED) is 0.814. The SMILES string of the molecule is CNC(=O)c1cccc(NCC2CCC2)c1. The molecule has 0 bridgehead atoms. The largest absolute Gasteiger partial charge is 0.385 e. The normalized spacial score (nSPS) is 15.3.